The Morgan fingerprint density at radius 2 is 1.89 bits per heavy atom. The van der Waals surface area contributed by atoms with E-state index in [4.69, 9.17) is 9.47 Å². The number of fused-ring (bicyclic) bond motifs is 7. The zero-order chi connectivity index (χ0) is 20.1. The van der Waals surface area contributed by atoms with Crippen LogP contribution in [0.15, 0.2) is 11.6 Å². The summed E-state index contributed by atoms with van der Waals surface area (Å²) in [4.78, 5) is 13.0. The lowest BCUT2D eigenvalue weighted by Gasteiger charge is -2.59. The Morgan fingerprint density at radius 3 is 2.61 bits per heavy atom. The molecule has 4 aliphatic carbocycles. The first-order valence-corrected chi connectivity index (χ1v) is 11.3. The lowest BCUT2D eigenvalue weighted by atomic mass is 9.46. The number of carbonyl (C=O) groups excluding carboxylic acids is 1. The van der Waals surface area contributed by atoms with Crippen molar-refractivity contribution in [2.45, 2.75) is 103 Å². The van der Waals surface area contributed by atoms with Crippen LogP contribution in [0.5, 0.6) is 0 Å². The van der Waals surface area contributed by atoms with Gasteiger partial charge in [-0.05, 0) is 88.9 Å². The normalized spacial score (nSPS) is 54.2. The molecule has 156 valence electrons. The van der Waals surface area contributed by atoms with E-state index < -0.39 is 11.4 Å². The fourth-order valence-electron chi connectivity index (χ4n) is 8.39. The average Bonchev–Trinajstić information content (AvgIpc) is 3.02. The lowest BCUT2D eigenvalue weighted by molar-refractivity contribution is -0.213. The molecule has 0 amide bonds. The van der Waals surface area contributed by atoms with Gasteiger partial charge in [-0.15, -0.1) is 0 Å². The van der Waals surface area contributed by atoms with E-state index >= 15 is 0 Å². The molecule has 4 fully saturated rings. The van der Waals surface area contributed by atoms with Crippen LogP contribution < -0.4 is 0 Å². The smallest absolute Gasteiger partial charge is 0.164 e. The summed E-state index contributed by atoms with van der Waals surface area (Å²) in [6.45, 7) is 10.4. The number of allylic oxidation sites excluding steroid dienone is 1. The summed E-state index contributed by atoms with van der Waals surface area (Å²) < 4.78 is 12.8. The summed E-state index contributed by atoms with van der Waals surface area (Å²) in [5.74, 6) is 1.14. The maximum Gasteiger partial charge on any atom is 0.164 e. The van der Waals surface area contributed by atoms with Gasteiger partial charge < -0.3 is 14.6 Å². The van der Waals surface area contributed by atoms with Crippen LogP contribution in [0.1, 0.15) is 79.6 Å². The van der Waals surface area contributed by atoms with E-state index in [0.717, 1.165) is 44.9 Å². The third-order valence-corrected chi connectivity index (χ3v) is 9.59. The number of carbonyl (C=O) groups is 1. The fourth-order valence-corrected chi connectivity index (χ4v) is 8.39. The van der Waals surface area contributed by atoms with E-state index in [1.54, 1.807) is 6.92 Å². The van der Waals surface area contributed by atoms with Crippen molar-refractivity contribution in [3.05, 3.63) is 11.6 Å². The Bertz CT molecular complexity index is 741. The van der Waals surface area contributed by atoms with Crippen molar-refractivity contribution in [2.75, 3.05) is 0 Å². The van der Waals surface area contributed by atoms with Crippen LogP contribution in [0.4, 0.5) is 0 Å². The molecule has 8 atom stereocenters. The highest BCUT2D eigenvalue weighted by molar-refractivity contribution is 5.88. The quantitative estimate of drug-likeness (QED) is 0.677. The van der Waals surface area contributed by atoms with E-state index in [1.165, 1.54) is 5.57 Å². The molecule has 0 aromatic rings. The van der Waals surface area contributed by atoms with Crippen molar-refractivity contribution in [1.29, 1.82) is 0 Å². The molecule has 1 aliphatic heterocycles. The number of hydrogen-bond acceptors (Lipinski definition) is 4. The molecule has 3 saturated carbocycles. The predicted molar refractivity (Wildman–Crippen MR) is 107 cm³/mol. The van der Waals surface area contributed by atoms with Gasteiger partial charge in [0, 0.05) is 5.41 Å². The minimum Gasteiger partial charge on any atom is -0.393 e. The van der Waals surface area contributed by atoms with E-state index in [-0.39, 0.29) is 28.8 Å². The maximum absolute atomic E-state index is 13.0. The Labute approximate surface area is 169 Å². The highest BCUT2D eigenvalue weighted by atomic mass is 16.8. The molecule has 0 radical (unpaired) electrons. The molecule has 28 heavy (non-hydrogen) atoms. The molecule has 0 aromatic carbocycles. The number of ether oxygens (including phenoxy) is 2. The average molecular weight is 389 g/mol. The third-order valence-electron chi connectivity index (χ3n) is 9.59. The summed E-state index contributed by atoms with van der Waals surface area (Å²) in [7, 11) is 0. The van der Waals surface area contributed by atoms with Gasteiger partial charge in [0.1, 0.15) is 0 Å². The second-order valence-corrected chi connectivity index (χ2v) is 11.2. The van der Waals surface area contributed by atoms with Crippen LogP contribution in [-0.4, -0.2) is 34.5 Å². The molecule has 0 aromatic heterocycles. The van der Waals surface area contributed by atoms with Gasteiger partial charge in [-0.25, -0.2) is 0 Å². The van der Waals surface area contributed by atoms with E-state index in [9.17, 15) is 9.90 Å². The lowest BCUT2D eigenvalue weighted by Crippen LogP contribution is -2.59. The Kier molecular flexibility index (Phi) is 3.93. The second-order valence-electron chi connectivity index (χ2n) is 11.2. The van der Waals surface area contributed by atoms with Crippen LogP contribution in [0.2, 0.25) is 0 Å². The van der Waals surface area contributed by atoms with Crippen LogP contribution in [0, 0.1) is 28.6 Å². The van der Waals surface area contributed by atoms with Gasteiger partial charge in [-0.1, -0.05) is 25.5 Å². The Balaban J connectivity index is 1.54. The summed E-state index contributed by atoms with van der Waals surface area (Å²) in [5.41, 5.74) is 0.754. The van der Waals surface area contributed by atoms with Gasteiger partial charge in [-0.3, -0.25) is 4.79 Å². The van der Waals surface area contributed by atoms with Gasteiger partial charge in [0.15, 0.2) is 17.2 Å². The number of ketones is 1. The first-order chi connectivity index (χ1) is 13.0. The molecule has 1 heterocycles. The molecule has 0 bridgehead atoms. The first-order valence-electron chi connectivity index (χ1n) is 11.3. The fraction of sp³-hybridized carbons (Fsp3) is 0.875. The first kappa shape index (κ1) is 19.3. The van der Waals surface area contributed by atoms with Crippen LogP contribution in [0.25, 0.3) is 0 Å². The van der Waals surface area contributed by atoms with Crippen LogP contribution in [-0.2, 0) is 14.3 Å². The molecule has 4 nitrogen and oxygen atoms in total. The zero-order valence-corrected chi connectivity index (χ0v) is 18.1. The van der Waals surface area contributed by atoms with E-state index in [0.29, 0.717) is 17.8 Å². The molecule has 1 saturated heterocycles. The van der Waals surface area contributed by atoms with E-state index in [2.05, 4.69) is 19.9 Å². The molecule has 0 unspecified atom stereocenters. The molecule has 5 aliphatic rings. The minimum atomic E-state index is -0.792. The summed E-state index contributed by atoms with van der Waals surface area (Å²) in [6.07, 6.45) is 9.19. The summed E-state index contributed by atoms with van der Waals surface area (Å²) in [5, 5.41) is 10.2. The minimum absolute atomic E-state index is 0.125. The highest BCUT2D eigenvalue weighted by Crippen LogP contribution is 2.70. The van der Waals surface area contributed by atoms with Crippen molar-refractivity contribution >= 4 is 5.78 Å². The van der Waals surface area contributed by atoms with Gasteiger partial charge in [0.05, 0.1) is 12.2 Å². The largest absolute Gasteiger partial charge is 0.393 e. The van der Waals surface area contributed by atoms with Gasteiger partial charge in [0.2, 0.25) is 0 Å². The van der Waals surface area contributed by atoms with Crippen molar-refractivity contribution in [3.8, 4) is 0 Å². The number of aliphatic hydroxyl groups excluding tert-OH is 1. The predicted octanol–water partition coefficient (Wildman–Crippen LogP) is 4.40. The van der Waals surface area contributed by atoms with E-state index in [1.807, 2.05) is 13.8 Å². The summed E-state index contributed by atoms with van der Waals surface area (Å²) >= 11 is 0. The maximum atomic E-state index is 13.0. The van der Waals surface area contributed by atoms with Crippen molar-refractivity contribution in [2.24, 2.45) is 28.6 Å². The van der Waals surface area contributed by atoms with Crippen molar-refractivity contribution in [3.63, 3.8) is 0 Å². The standard InChI is InChI=1S/C24H36O4/c1-14(25)24-20(27-21(2,3)28-24)13-19-17-7-6-15-12-16(26)8-10-22(15,4)18(17)9-11-23(19,24)5/h6,16-20,26H,7-13H2,1-5H3/t16-,17+,18-,19-,20+,22-,23-,24+/m0/s1. The SMILES string of the molecule is CC(=O)[C@@]12OC(C)(C)O[C@@H]1C[C@H]1[C@@H]3CC=C4C[C@@H](O)CC[C@]4(C)[C@H]3CC[C@@]12C. The number of hydrogen-bond donors (Lipinski definition) is 1. The zero-order valence-electron chi connectivity index (χ0n) is 18.1. The molecular formula is C24H36O4. The van der Waals surface area contributed by atoms with Crippen molar-refractivity contribution in [1.82, 2.24) is 0 Å². The molecule has 4 heteroatoms. The van der Waals surface area contributed by atoms with Crippen LogP contribution in [0.3, 0.4) is 0 Å². The monoisotopic (exact) mass is 388 g/mol. The van der Waals surface area contributed by atoms with Crippen molar-refractivity contribution < 1.29 is 19.4 Å². The highest BCUT2D eigenvalue weighted by Gasteiger charge is 2.74. The van der Waals surface area contributed by atoms with Crippen LogP contribution >= 0.6 is 0 Å². The number of rotatable bonds is 1. The number of aliphatic hydroxyl groups is 1. The third kappa shape index (κ3) is 2.20. The Hall–Kier alpha value is -0.710. The molecular weight excluding hydrogens is 352 g/mol. The van der Waals surface area contributed by atoms with Gasteiger partial charge in [-0.2, -0.15) is 0 Å². The molecule has 1 N–H and O–H groups in total. The van der Waals surface area contributed by atoms with Gasteiger partial charge >= 0.3 is 0 Å². The second kappa shape index (κ2) is 5.70. The Morgan fingerprint density at radius 1 is 1.14 bits per heavy atom. The topological polar surface area (TPSA) is 55.8 Å². The molecule has 0 spiro atoms. The summed E-state index contributed by atoms with van der Waals surface area (Å²) in [6, 6.07) is 0. The molecule has 5 rings (SSSR count). The van der Waals surface area contributed by atoms with Gasteiger partial charge in [0.25, 0.3) is 0 Å². The number of Topliss-reactive ketones (excluding diaryl/α,β-unsaturated/α-hetero) is 1.